The first-order valence-corrected chi connectivity index (χ1v) is 2.70. The Kier molecular flexibility index (Phi) is 2.05. The van der Waals surface area contributed by atoms with Crippen LogP contribution < -0.4 is 5.48 Å². The molecule has 0 spiro atoms. The van der Waals surface area contributed by atoms with Gasteiger partial charge in [-0.3, -0.25) is 9.63 Å². The van der Waals surface area contributed by atoms with Crippen LogP contribution in [0, 0.1) is 0 Å². The second-order valence-corrected chi connectivity index (χ2v) is 1.78. The molecule has 0 radical (unpaired) electrons. The molecule has 0 aromatic carbocycles. The van der Waals surface area contributed by atoms with Crippen molar-refractivity contribution in [2.24, 2.45) is 0 Å². The Morgan fingerprint density at radius 3 is 2.80 bits per heavy atom. The number of amides is 1. The molecule has 0 bridgehead atoms. The van der Waals surface area contributed by atoms with Crippen LogP contribution in [0.25, 0.3) is 0 Å². The van der Waals surface area contributed by atoms with E-state index in [-0.39, 0.29) is 12.1 Å². The van der Waals surface area contributed by atoms with Gasteiger partial charge in [-0.15, -0.1) is 0 Å². The highest BCUT2D eigenvalue weighted by molar-refractivity contribution is 6.58. The van der Waals surface area contributed by atoms with Gasteiger partial charge in [0.1, 0.15) is 0 Å². The quantitative estimate of drug-likeness (QED) is 0.370. The summed E-state index contributed by atoms with van der Waals surface area (Å²) in [6, 6.07) is 0. The standard InChI is InChI=1S/C4H6BNO4/c7-4-3(5(8)9)1-2-10-6-4/h1,8-9H,2H2,(H,6,7). The van der Waals surface area contributed by atoms with E-state index in [0.717, 1.165) is 0 Å². The van der Waals surface area contributed by atoms with Crippen molar-refractivity contribution >= 4 is 13.0 Å². The van der Waals surface area contributed by atoms with Crippen molar-refractivity contribution in [3.05, 3.63) is 11.5 Å². The number of carbonyl (C=O) groups excluding carboxylic acids is 1. The SMILES string of the molecule is O=C1NOCC=C1B(O)O. The molecule has 1 rings (SSSR count). The van der Waals surface area contributed by atoms with E-state index in [1.54, 1.807) is 0 Å². The molecule has 0 saturated carbocycles. The number of carbonyl (C=O) groups is 1. The van der Waals surface area contributed by atoms with Gasteiger partial charge in [0.15, 0.2) is 0 Å². The van der Waals surface area contributed by atoms with Crippen LogP contribution in [-0.2, 0) is 9.63 Å². The Bertz CT molecular complexity index is 178. The molecular formula is C4H6BNO4. The summed E-state index contributed by atoms with van der Waals surface area (Å²) < 4.78 is 0. The predicted molar refractivity (Wildman–Crippen MR) is 32.4 cm³/mol. The maximum atomic E-state index is 10.6. The van der Waals surface area contributed by atoms with Gasteiger partial charge in [-0.2, -0.15) is 0 Å². The number of nitrogens with one attached hydrogen (secondary N) is 1. The van der Waals surface area contributed by atoms with E-state index in [1.807, 2.05) is 5.48 Å². The highest BCUT2D eigenvalue weighted by atomic mass is 16.7. The second kappa shape index (κ2) is 2.83. The Balaban J connectivity index is 2.71. The summed E-state index contributed by atoms with van der Waals surface area (Å²) in [4.78, 5) is 15.1. The average Bonchev–Trinajstić information content (AvgIpc) is 1.88. The number of hydrogen-bond donors (Lipinski definition) is 3. The van der Waals surface area contributed by atoms with Crippen molar-refractivity contribution in [3.8, 4) is 0 Å². The molecule has 1 amide bonds. The van der Waals surface area contributed by atoms with E-state index in [9.17, 15) is 4.79 Å². The van der Waals surface area contributed by atoms with Crippen LogP contribution in [0.3, 0.4) is 0 Å². The lowest BCUT2D eigenvalue weighted by molar-refractivity contribution is -0.129. The lowest BCUT2D eigenvalue weighted by Crippen LogP contribution is -2.36. The van der Waals surface area contributed by atoms with Gasteiger partial charge in [0.05, 0.1) is 6.61 Å². The van der Waals surface area contributed by atoms with Crippen LogP contribution in [0.4, 0.5) is 0 Å². The zero-order valence-corrected chi connectivity index (χ0v) is 5.07. The summed E-state index contributed by atoms with van der Waals surface area (Å²) in [5.41, 5.74) is 1.91. The smallest absolute Gasteiger partial charge is 0.423 e. The highest BCUT2D eigenvalue weighted by Crippen LogP contribution is 2.00. The molecule has 6 heteroatoms. The normalized spacial score (nSPS) is 17.8. The fraction of sp³-hybridized carbons (Fsp3) is 0.250. The molecule has 0 fully saturated rings. The van der Waals surface area contributed by atoms with Gasteiger partial charge in [0, 0.05) is 5.47 Å². The van der Waals surface area contributed by atoms with Crippen LogP contribution in [0.15, 0.2) is 11.5 Å². The number of hydrogen-bond acceptors (Lipinski definition) is 4. The molecule has 0 aromatic rings. The summed E-state index contributed by atoms with van der Waals surface area (Å²) in [5, 5.41) is 17.0. The molecule has 0 aromatic heterocycles. The van der Waals surface area contributed by atoms with Crippen LogP contribution >= 0.6 is 0 Å². The minimum Gasteiger partial charge on any atom is -0.423 e. The first-order chi connectivity index (χ1) is 4.72. The van der Waals surface area contributed by atoms with Crippen molar-refractivity contribution in [2.45, 2.75) is 0 Å². The van der Waals surface area contributed by atoms with E-state index in [4.69, 9.17) is 10.0 Å². The number of rotatable bonds is 1. The third kappa shape index (κ3) is 1.35. The van der Waals surface area contributed by atoms with Gasteiger partial charge in [-0.05, 0) is 0 Å². The minimum atomic E-state index is -1.72. The summed E-state index contributed by atoms with van der Waals surface area (Å²) in [6.45, 7) is 0.165. The first kappa shape index (κ1) is 7.26. The zero-order chi connectivity index (χ0) is 7.56. The van der Waals surface area contributed by atoms with Gasteiger partial charge in [-0.1, -0.05) is 6.08 Å². The zero-order valence-electron chi connectivity index (χ0n) is 5.07. The molecule has 0 atom stereocenters. The molecular weight excluding hydrogens is 137 g/mol. The van der Waals surface area contributed by atoms with Crippen molar-refractivity contribution < 1.29 is 19.7 Å². The molecule has 3 N–H and O–H groups in total. The van der Waals surface area contributed by atoms with Crippen molar-refractivity contribution in [2.75, 3.05) is 6.61 Å². The molecule has 0 aliphatic carbocycles. The molecule has 1 heterocycles. The maximum absolute atomic E-state index is 10.6. The van der Waals surface area contributed by atoms with Crippen LogP contribution in [0.1, 0.15) is 0 Å². The van der Waals surface area contributed by atoms with Crippen LogP contribution in [0.5, 0.6) is 0 Å². The van der Waals surface area contributed by atoms with Crippen molar-refractivity contribution in [3.63, 3.8) is 0 Å². The largest absolute Gasteiger partial charge is 0.493 e. The number of hydroxylamine groups is 1. The average molecular weight is 143 g/mol. The molecule has 10 heavy (non-hydrogen) atoms. The molecule has 0 unspecified atom stereocenters. The molecule has 54 valence electrons. The van der Waals surface area contributed by atoms with E-state index < -0.39 is 13.0 Å². The lowest BCUT2D eigenvalue weighted by atomic mass is 9.78. The second-order valence-electron chi connectivity index (χ2n) is 1.78. The Morgan fingerprint density at radius 1 is 1.70 bits per heavy atom. The first-order valence-electron chi connectivity index (χ1n) is 2.70. The topological polar surface area (TPSA) is 78.8 Å². The van der Waals surface area contributed by atoms with E-state index in [1.165, 1.54) is 6.08 Å². The van der Waals surface area contributed by atoms with Crippen molar-refractivity contribution in [1.82, 2.24) is 5.48 Å². The Morgan fingerprint density at radius 2 is 2.40 bits per heavy atom. The molecule has 0 saturated heterocycles. The van der Waals surface area contributed by atoms with Gasteiger partial charge in [0.25, 0.3) is 5.91 Å². The van der Waals surface area contributed by atoms with E-state index >= 15 is 0 Å². The van der Waals surface area contributed by atoms with E-state index in [0.29, 0.717) is 0 Å². The Labute approximate surface area is 57.4 Å². The molecule has 5 nitrogen and oxygen atoms in total. The van der Waals surface area contributed by atoms with E-state index in [2.05, 4.69) is 4.84 Å². The third-order valence-corrected chi connectivity index (χ3v) is 1.09. The summed E-state index contributed by atoms with van der Waals surface area (Å²) in [6.07, 6.45) is 1.31. The van der Waals surface area contributed by atoms with Gasteiger partial charge in [-0.25, -0.2) is 5.48 Å². The highest BCUT2D eigenvalue weighted by Gasteiger charge is 2.24. The van der Waals surface area contributed by atoms with Crippen LogP contribution in [0.2, 0.25) is 0 Å². The molecule has 1 aliphatic heterocycles. The predicted octanol–water partition coefficient (Wildman–Crippen LogP) is -2.01. The minimum absolute atomic E-state index is 0.0775. The molecule has 1 aliphatic rings. The third-order valence-electron chi connectivity index (χ3n) is 1.09. The fourth-order valence-corrected chi connectivity index (χ4v) is 0.613. The lowest BCUT2D eigenvalue weighted by Gasteiger charge is -2.11. The summed E-state index contributed by atoms with van der Waals surface area (Å²) >= 11 is 0. The van der Waals surface area contributed by atoms with Gasteiger partial charge in [0.2, 0.25) is 0 Å². The Hall–Kier alpha value is -0.845. The summed E-state index contributed by atoms with van der Waals surface area (Å²) in [7, 11) is -1.72. The fourth-order valence-electron chi connectivity index (χ4n) is 0.613. The monoisotopic (exact) mass is 143 g/mol. The van der Waals surface area contributed by atoms with Crippen LogP contribution in [-0.4, -0.2) is 29.7 Å². The van der Waals surface area contributed by atoms with Gasteiger partial charge < -0.3 is 10.0 Å². The van der Waals surface area contributed by atoms with Crippen molar-refractivity contribution in [1.29, 1.82) is 0 Å². The maximum Gasteiger partial charge on any atom is 0.493 e. The summed E-state index contributed by atoms with van der Waals surface area (Å²) in [5.74, 6) is -0.610. The van der Waals surface area contributed by atoms with Gasteiger partial charge >= 0.3 is 7.12 Å².